The Kier molecular flexibility index (Phi) is 27.8. The number of fused-ring (bicyclic) bond motifs is 1. The molecule has 0 bridgehead atoms. The van der Waals surface area contributed by atoms with Crippen molar-refractivity contribution >= 4 is 95.9 Å². The minimum atomic E-state index is -0.240. The molecule has 0 atom stereocenters. The van der Waals surface area contributed by atoms with Gasteiger partial charge in [0.25, 0.3) is 0 Å². The predicted octanol–water partition coefficient (Wildman–Crippen LogP) is 27.5. The third kappa shape index (κ3) is 21.8. The first kappa shape index (κ1) is 88.2. The van der Waals surface area contributed by atoms with Crippen molar-refractivity contribution in [2.45, 2.75) is 93.4 Å². The third-order valence-corrected chi connectivity index (χ3v) is 23.5. The summed E-state index contributed by atoms with van der Waals surface area (Å²) >= 11 is 0. The van der Waals surface area contributed by atoms with Crippen LogP contribution in [0.1, 0.15) is 171 Å². The average Bonchev–Trinajstić information content (AvgIpc) is 1.66. The van der Waals surface area contributed by atoms with Gasteiger partial charge in [0.15, 0.2) is 0 Å². The number of hydrogen-bond donors (Lipinski definition) is 0. The SMILES string of the molecule is CC(C)Cc1ccc(C2=NC(c3ccc4nonc4c3)=C(c3ccncc3)C2)cc1.CC(C)Cc1ccc(C2=NC(c3ccccc3)=C(c3ccncc3)C2)cc1.Cc1ccc(C2=NC(c3ccc(F)cc3)=C(c3ccncc3)C2)cc1.Cc1ccc(C2=NC(c3ccc(F)cc3)=C(c3ccncc3)C2)cc1.Cc1ccc(C2=NC(c3ccc(F)cc3)=C(c3ccncc3)C2)cc1. The summed E-state index contributed by atoms with van der Waals surface area (Å²) < 4.78 is 44.8. The third-order valence-electron chi connectivity index (χ3n) is 23.5. The van der Waals surface area contributed by atoms with E-state index >= 15 is 0 Å². The maximum absolute atomic E-state index is 13.3. The molecule has 11 heterocycles. The van der Waals surface area contributed by atoms with Crippen LogP contribution in [-0.4, -0.2) is 63.8 Å². The van der Waals surface area contributed by atoms with Gasteiger partial charge >= 0.3 is 0 Å². The summed E-state index contributed by atoms with van der Waals surface area (Å²) in [6.45, 7) is 15.2. The molecular formula is C116H97F3N12O. The van der Waals surface area contributed by atoms with Crippen LogP contribution in [0.15, 0.2) is 395 Å². The van der Waals surface area contributed by atoms with Crippen molar-refractivity contribution < 1.29 is 17.8 Å². The van der Waals surface area contributed by atoms with Crippen LogP contribution in [0, 0.1) is 50.1 Å². The molecule has 16 aromatic rings. The molecule has 21 rings (SSSR count). The van der Waals surface area contributed by atoms with E-state index in [2.05, 4.69) is 241 Å². The summed E-state index contributed by atoms with van der Waals surface area (Å²) in [4.78, 5) is 45.5. The standard InChI is InChI=1S/C25H22N4O.C25H24N2.3C22H17FN2/c1-16(2)13-17-3-5-19(6-4-17)23-15-21(18-9-11-26-12-10-18)25(27-23)20-7-8-22-24(14-20)29-30-28-22;1-18(2)16-19-8-10-21(11-9-19)24-17-23(20-12-14-26-15-13-20)25(27-24)22-6-4-3-5-7-22;3*1-15-2-4-17(5-3-15)21-14-20(16-10-12-24-13-11-16)22(25-21)18-6-8-19(23)9-7-18/h3-12,14,16H,13,15H2,1-2H3;3-15,18H,16-17H2,1-2H3;3*2-13H,14H2,1H3. The van der Waals surface area contributed by atoms with Crippen molar-refractivity contribution in [2.24, 2.45) is 36.8 Å². The van der Waals surface area contributed by atoms with Gasteiger partial charge in [-0.05, 0) is 296 Å². The largest absolute Gasteiger partial charge is 0.265 e. The number of nitrogens with zero attached hydrogens (tertiary/aromatic N) is 12. The van der Waals surface area contributed by atoms with Crippen LogP contribution in [0.25, 0.3) is 67.4 Å². The topological polar surface area (TPSA) is 165 Å². The Morgan fingerprint density at radius 3 is 0.727 bits per heavy atom. The van der Waals surface area contributed by atoms with Gasteiger partial charge in [-0.15, -0.1) is 0 Å². The van der Waals surface area contributed by atoms with Crippen LogP contribution in [0.4, 0.5) is 13.2 Å². The molecule has 10 aromatic carbocycles. The minimum Gasteiger partial charge on any atom is -0.265 e. The highest BCUT2D eigenvalue weighted by Crippen LogP contribution is 2.44. The van der Waals surface area contributed by atoms with Gasteiger partial charge in [0.1, 0.15) is 28.5 Å². The molecule has 0 radical (unpaired) electrons. The number of benzene rings is 10. The van der Waals surface area contributed by atoms with Gasteiger partial charge in [-0.3, -0.25) is 49.9 Å². The van der Waals surface area contributed by atoms with Gasteiger partial charge in [0.2, 0.25) is 0 Å². The summed E-state index contributed by atoms with van der Waals surface area (Å²) in [7, 11) is 0. The summed E-state index contributed by atoms with van der Waals surface area (Å²) in [5.74, 6) is 0.595. The second-order valence-electron chi connectivity index (χ2n) is 34.0. The Morgan fingerprint density at radius 2 is 0.462 bits per heavy atom. The lowest BCUT2D eigenvalue weighted by molar-refractivity contribution is 0.315. The van der Waals surface area contributed by atoms with Gasteiger partial charge < -0.3 is 0 Å². The highest BCUT2D eigenvalue weighted by Gasteiger charge is 2.29. The number of aryl methyl sites for hydroxylation is 3. The first-order chi connectivity index (χ1) is 64.5. The van der Waals surface area contributed by atoms with E-state index in [4.69, 9.17) is 29.6 Å². The van der Waals surface area contributed by atoms with Crippen LogP contribution in [0.3, 0.4) is 0 Å². The zero-order chi connectivity index (χ0) is 90.8. The lowest BCUT2D eigenvalue weighted by atomic mass is 9.95. The molecule has 0 unspecified atom stereocenters. The molecule has 0 spiro atoms. The van der Waals surface area contributed by atoms with Crippen molar-refractivity contribution in [3.8, 4) is 0 Å². The minimum absolute atomic E-state index is 0.240. The van der Waals surface area contributed by atoms with Crippen molar-refractivity contribution in [2.75, 3.05) is 0 Å². The first-order valence-corrected chi connectivity index (χ1v) is 44.5. The number of aliphatic imine (C=N–C) groups is 5. The zero-order valence-corrected chi connectivity index (χ0v) is 74.7. The van der Waals surface area contributed by atoms with E-state index < -0.39 is 0 Å². The fraction of sp³-hybridized carbons (Fsp3) is 0.138. The lowest BCUT2D eigenvalue weighted by Gasteiger charge is -2.07. The van der Waals surface area contributed by atoms with E-state index in [1.807, 2.05) is 97.6 Å². The van der Waals surface area contributed by atoms with Crippen LogP contribution in [0.5, 0.6) is 0 Å². The smallest absolute Gasteiger partial charge is 0.135 e. The molecular weight excluding hydrogens is 1630 g/mol. The Balaban J connectivity index is 0.000000115. The van der Waals surface area contributed by atoms with Crippen LogP contribution in [0.2, 0.25) is 0 Å². The molecule has 0 N–H and O–H groups in total. The van der Waals surface area contributed by atoms with Gasteiger partial charge in [-0.25, -0.2) is 17.8 Å². The lowest BCUT2D eigenvalue weighted by Crippen LogP contribution is -2.00. The molecule has 6 aromatic heterocycles. The molecule has 0 amide bonds. The molecule has 5 aliphatic rings. The van der Waals surface area contributed by atoms with Crippen molar-refractivity contribution in [1.29, 1.82) is 0 Å². The van der Waals surface area contributed by atoms with Crippen LogP contribution in [-0.2, 0) is 12.8 Å². The molecule has 16 heteroatoms. The number of rotatable bonds is 19. The molecule has 0 saturated carbocycles. The molecule has 648 valence electrons. The molecule has 0 saturated heterocycles. The number of allylic oxidation sites excluding steroid dienone is 5. The molecule has 13 nitrogen and oxygen atoms in total. The number of aromatic nitrogens is 7. The quantitative estimate of drug-likeness (QED) is 0.0772. The maximum atomic E-state index is 13.3. The zero-order valence-electron chi connectivity index (χ0n) is 74.7. The summed E-state index contributed by atoms with van der Waals surface area (Å²) in [5, 5.41) is 7.90. The normalized spacial score (nSPS) is 14.0. The van der Waals surface area contributed by atoms with Gasteiger partial charge in [-0.1, -0.05) is 202 Å². The fourth-order valence-electron chi connectivity index (χ4n) is 16.6. The summed E-state index contributed by atoms with van der Waals surface area (Å²) in [6, 6.07) is 99.1. The summed E-state index contributed by atoms with van der Waals surface area (Å²) in [5.41, 5.74) is 40.1. The van der Waals surface area contributed by atoms with Gasteiger partial charge in [0.05, 0.1) is 57.0 Å². The molecule has 132 heavy (non-hydrogen) atoms. The van der Waals surface area contributed by atoms with E-state index in [0.29, 0.717) is 11.8 Å². The predicted molar refractivity (Wildman–Crippen MR) is 532 cm³/mol. The Labute approximate surface area is 768 Å². The highest BCUT2D eigenvalue weighted by molar-refractivity contribution is 6.21. The van der Waals surface area contributed by atoms with Crippen LogP contribution >= 0.6 is 0 Å². The van der Waals surface area contributed by atoms with Crippen LogP contribution < -0.4 is 0 Å². The second kappa shape index (κ2) is 41.5. The number of pyridine rings is 5. The first-order valence-electron chi connectivity index (χ1n) is 44.5. The Morgan fingerprint density at radius 1 is 0.235 bits per heavy atom. The number of hydrogen-bond acceptors (Lipinski definition) is 13. The Bertz CT molecular complexity index is 6690. The molecule has 5 aliphatic heterocycles. The molecule has 0 fully saturated rings. The van der Waals surface area contributed by atoms with E-state index in [0.717, 1.165) is 202 Å². The highest BCUT2D eigenvalue weighted by atomic mass is 19.1. The summed E-state index contributed by atoms with van der Waals surface area (Å²) in [6.07, 6.45) is 24.1. The van der Waals surface area contributed by atoms with E-state index in [1.165, 1.54) is 86.5 Å². The fourth-order valence-corrected chi connectivity index (χ4v) is 16.6. The average molecular weight is 1730 g/mol. The monoisotopic (exact) mass is 1730 g/mol. The van der Waals surface area contributed by atoms with E-state index in [-0.39, 0.29) is 17.5 Å². The second-order valence-corrected chi connectivity index (χ2v) is 34.0. The van der Waals surface area contributed by atoms with Crippen molar-refractivity contribution in [3.05, 3.63) is 494 Å². The molecule has 0 aliphatic carbocycles. The van der Waals surface area contributed by atoms with Gasteiger partial charge in [0, 0.05) is 122 Å². The van der Waals surface area contributed by atoms with Gasteiger partial charge in [-0.2, -0.15) is 0 Å². The van der Waals surface area contributed by atoms with Crippen molar-refractivity contribution in [1.82, 2.24) is 35.2 Å². The van der Waals surface area contributed by atoms with E-state index in [1.54, 1.807) is 73.6 Å². The Hall–Kier alpha value is -15.8. The van der Waals surface area contributed by atoms with E-state index in [9.17, 15) is 13.2 Å². The maximum Gasteiger partial charge on any atom is 0.135 e. The number of halogens is 3. The van der Waals surface area contributed by atoms with Crippen molar-refractivity contribution in [3.63, 3.8) is 0 Å².